The Labute approximate surface area is 96.5 Å². The topological polar surface area (TPSA) is 0 Å². The molecule has 0 nitrogen and oxygen atoms in total. The number of halogens is 2. The molecular weight excluding hydrogens is 211 g/mol. The zero-order chi connectivity index (χ0) is 11.3. The molecule has 0 saturated carbocycles. The first-order valence-electron chi connectivity index (χ1n) is 5.46. The first-order valence-corrected chi connectivity index (χ1v) is 5.90. The van der Waals surface area contributed by atoms with Gasteiger partial charge in [0, 0.05) is 5.38 Å². The zero-order valence-corrected chi connectivity index (χ0v) is 10.1. The van der Waals surface area contributed by atoms with Crippen LogP contribution in [-0.4, -0.2) is 5.38 Å². The molecule has 0 saturated heterocycles. The molecule has 0 radical (unpaired) electrons. The van der Waals surface area contributed by atoms with E-state index in [0.717, 1.165) is 24.8 Å². The number of aryl methyl sites for hydroxylation is 1. The van der Waals surface area contributed by atoms with Gasteiger partial charge in [-0.15, -0.1) is 11.6 Å². The molecule has 1 unspecified atom stereocenters. The van der Waals surface area contributed by atoms with Gasteiger partial charge >= 0.3 is 0 Å². The van der Waals surface area contributed by atoms with Crippen molar-refractivity contribution in [1.29, 1.82) is 0 Å². The van der Waals surface area contributed by atoms with Gasteiger partial charge in [-0.3, -0.25) is 0 Å². The highest BCUT2D eigenvalue weighted by Crippen LogP contribution is 2.17. The van der Waals surface area contributed by atoms with E-state index in [1.807, 2.05) is 6.07 Å². The second-order valence-electron chi connectivity index (χ2n) is 4.40. The molecule has 0 aliphatic carbocycles. The van der Waals surface area contributed by atoms with Gasteiger partial charge in [-0.1, -0.05) is 26.0 Å². The minimum atomic E-state index is -0.164. The van der Waals surface area contributed by atoms with Gasteiger partial charge in [0.25, 0.3) is 0 Å². The van der Waals surface area contributed by atoms with E-state index in [0.29, 0.717) is 5.92 Å². The fourth-order valence-electron chi connectivity index (χ4n) is 1.65. The molecule has 0 N–H and O–H groups in total. The summed E-state index contributed by atoms with van der Waals surface area (Å²) in [5.41, 5.74) is 1.03. The van der Waals surface area contributed by atoms with E-state index in [1.54, 1.807) is 12.1 Å². The third kappa shape index (κ3) is 5.17. The summed E-state index contributed by atoms with van der Waals surface area (Å²) < 4.78 is 12.9. The molecule has 0 amide bonds. The number of hydrogen-bond acceptors (Lipinski definition) is 0. The van der Waals surface area contributed by atoms with Crippen LogP contribution in [-0.2, 0) is 6.42 Å². The molecule has 1 rings (SSSR count). The van der Waals surface area contributed by atoms with E-state index in [4.69, 9.17) is 11.6 Å². The van der Waals surface area contributed by atoms with Crippen molar-refractivity contribution in [2.75, 3.05) is 0 Å². The van der Waals surface area contributed by atoms with Crippen molar-refractivity contribution in [1.82, 2.24) is 0 Å². The van der Waals surface area contributed by atoms with Crippen LogP contribution in [0.5, 0.6) is 0 Å². The van der Waals surface area contributed by atoms with Gasteiger partial charge in [0.1, 0.15) is 5.82 Å². The summed E-state index contributed by atoms with van der Waals surface area (Å²) in [6, 6.07) is 6.74. The molecular formula is C13H18ClF. The average molecular weight is 229 g/mol. The monoisotopic (exact) mass is 228 g/mol. The smallest absolute Gasteiger partial charge is 0.123 e. The number of rotatable bonds is 5. The second kappa shape index (κ2) is 6.12. The molecule has 84 valence electrons. The Morgan fingerprint density at radius 1 is 1.33 bits per heavy atom. The predicted octanol–water partition coefficient (Wildman–Crippen LogP) is 4.41. The lowest BCUT2D eigenvalue weighted by Gasteiger charge is -2.11. The Bertz CT molecular complexity index is 296. The Morgan fingerprint density at radius 3 is 2.67 bits per heavy atom. The van der Waals surface area contributed by atoms with Crippen LogP contribution in [0.4, 0.5) is 4.39 Å². The summed E-state index contributed by atoms with van der Waals surface area (Å²) in [5, 5.41) is 0.202. The highest BCUT2D eigenvalue weighted by atomic mass is 35.5. The van der Waals surface area contributed by atoms with Crippen molar-refractivity contribution in [2.45, 2.75) is 38.5 Å². The van der Waals surface area contributed by atoms with Crippen molar-refractivity contribution < 1.29 is 4.39 Å². The molecule has 0 heterocycles. The normalized spacial score (nSPS) is 13.1. The van der Waals surface area contributed by atoms with Crippen LogP contribution in [0.15, 0.2) is 24.3 Å². The first kappa shape index (κ1) is 12.5. The molecule has 0 aliphatic heterocycles. The van der Waals surface area contributed by atoms with E-state index in [9.17, 15) is 4.39 Å². The van der Waals surface area contributed by atoms with Crippen LogP contribution in [0, 0.1) is 11.7 Å². The number of benzene rings is 1. The van der Waals surface area contributed by atoms with Crippen LogP contribution in [0.2, 0.25) is 0 Å². The van der Waals surface area contributed by atoms with E-state index >= 15 is 0 Å². The average Bonchev–Trinajstić information content (AvgIpc) is 2.14. The van der Waals surface area contributed by atoms with E-state index < -0.39 is 0 Å². The van der Waals surface area contributed by atoms with Crippen LogP contribution >= 0.6 is 11.6 Å². The maximum Gasteiger partial charge on any atom is 0.123 e. The minimum Gasteiger partial charge on any atom is -0.207 e. The van der Waals surface area contributed by atoms with Crippen molar-refractivity contribution >= 4 is 11.6 Å². The van der Waals surface area contributed by atoms with Crippen molar-refractivity contribution in [3.8, 4) is 0 Å². The Balaban J connectivity index is 2.36. The number of alkyl halides is 1. The lowest BCUT2D eigenvalue weighted by molar-refractivity contribution is 0.543. The van der Waals surface area contributed by atoms with Gasteiger partial charge in [-0.25, -0.2) is 4.39 Å². The predicted molar refractivity (Wildman–Crippen MR) is 63.8 cm³/mol. The van der Waals surface area contributed by atoms with E-state index in [1.165, 1.54) is 6.07 Å². The van der Waals surface area contributed by atoms with Crippen molar-refractivity contribution in [3.05, 3.63) is 35.6 Å². The van der Waals surface area contributed by atoms with Crippen LogP contribution in [0.25, 0.3) is 0 Å². The molecule has 1 aromatic carbocycles. The Morgan fingerprint density at radius 2 is 2.07 bits per heavy atom. The van der Waals surface area contributed by atoms with Gasteiger partial charge in [0.15, 0.2) is 0 Å². The molecule has 1 atom stereocenters. The molecule has 0 aliphatic rings. The van der Waals surface area contributed by atoms with Gasteiger partial charge in [-0.05, 0) is 42.9 Å². The summed E-state index contributed by atoms with van der Waals surface area (Å²) in [7, 11) is 0. The largest absolute Gasteiger partial charge is 0.207 e. The summed E-state index contributed by atoms with van der Waals surface area (Å²) >= 11 is 6.17. The molecule has 2 heteroatoms. The van der Waals surface area contributed by atoms with Crippen LogP contribution in [0.1, 0.15) is 32.3 Å². The van der Waals surface area contributed by atoms with Crippen molar-refractivity contribution in [2.24, 2.45) is 5.92 Å². The lowest BCUT2D eigenvalue weighted by atomic mass is 10.0. The highest BCUT2D eigenvalue weighted by Gasteiger charge is 2.07. The van der Waals surface area contributed by atoms with Gasteiger partial charge in [0.2, 0.25) is 0 Å². The number of hydrogen-bond donors (Lipinski definition) is 0. The summed E-state index contributed by atoms with van der Waals surface area (Å²) in [6.45, 7) is 4.33. The first-order chi connectivity index (χ1) is 7.08. The fourth-order valence-corrected chi connectivity index (χ4v) is 2.11. The van der Waals surface area contributed by atoms with Crippen LogP contribution in [0.3, 0.4) is 0 Å². The van der Waals surface area contributed by atoms with E-state index in [2.05, 4.69) is 13.8 Å². The third-order valence-corrected chi connectivity index (χ3v) is 2.76. The third-order valence-electron chi connectivity index (χ3n) is 2.36. The minimum absolute atomic E-state index is 0.164. The maximum atomic E-state index is 12.9. The SMILES string of the molecule is CC(C)CC(Cl)CCc1cccc(F)c1. The van der Waals surface area contributed by atoms with Gasteiger partial charge < -0.3 is 0 Å². The van der Waals surface area contributed by atoms with Crippen LogP contribution < -0.4 is 0 Å². The molecule has 0 fully saturated rings. The fraction of sp³-hybridized carbons (Fsp3) is 0.538. The Hall–Kier alpha value is -0.560. The standard InChI is InChI=1S/C13H18ClF/c1-10(2)8-12(14)7-6-11-4-3-5-13(15)9-11/h3-5,9-10,12H,6-8H2,1-2H3. The van der Waals surface area contributed by atoms with E-state index in [-0.39, 0.29) is 11.2 Å². The molecule has 15 heavy (non-hydrogen) atoms. The van der Waals surface area contributed by atoms with Gasteiger partial charge in [-0.2, -0.15) is 0 Å². The summed E-state index contributed by atoms with van der Waals surface area (Å²) in [4.78, 5) is 0. The lowest BCUT2D eigenvalue weighted by Crippen LogP contribution is -2.05. The molecule has 0 spiro atoms. The Kier molecular flexibility index (Phi) is 5.10. The zero-order valence-electron chi connectivity index (χ0n) is 9.34. The summed E-state index contributed by atoms with van der Waals surface area (Å²) in [6.07, 6.45) is 2.80. The molecule has 0 bridgehead atoms. The quantitative estimate of drug-likeness (QED) is 0.655. The maximum absolute atomic E-state index is 12.9. The molecule has 0 aromatic heterocycles. The van der Waals surface area contributed by atoms with Crippen molar-refractivity contribution in [3.63, 3.8) is 0 Å². The van der Waals surface area contributed by atoms with Gasteiger partial charge in [0.05, 0.1) is 0 Å². The summed E-state index contributed by atoms with van der Waals surface area (Å²) in [5.74, 6) is 0.461. The molecule has 1 aromatic rings. The second-order valence-corrected chi connectivity index (χ2v) is 5.01. The highest BCUT2D eigenvalue weighted by molar-refractivity contribution is 6.20.